The van der Waals surface area contributed by atoms with Crippen molar-refractivity contribution in [3.8, 4) is 0 Å². The Bertz CT molecular complexity index is 499. The lowest BCUT2D eigenvalue weighted by molar-refractivity contribution is 0.506. The molecule has 0 bridgehead atoms. The van der Waals surface area contributed by atoms with Crippen molar-refractivity contribution in [3.05, 3.63) is 54.2 Å². The smallest absolute Gasteiger partial charge is 0.191 e. The maximum atomic E-state index is 5.27. The van der Waals surface area contributed by atoms with Crippen LogP contribution in [0, 0.1) is 0 Å². The van der Waals surface area contributed by atoms with Gasteiger partial charge < -0.3 is 15.1 Å². The number of guanidine groups is 1. The van der Waals surface area contributed by atoms with E-state index < -0.39 is 0 Å². The van der Waals surface area contributed by atoms with Crippen LogP contribution in [0.5, 0.6) is 0 Å². The largest absolute Gasteiger partial charge is 0.469 e. The molecule has 2 rings (SSSR count). The maximum Gasteiger partial charge on any atom is 0.191 e. The minimum absolute atomic E-state index is 0. The van der Waals surface area contributed by atoms with Gasteiger partial charge in [0.25, 0.3) is 0 Å². The van der Waals surface area contributed by atoms with Crippen molar-refractivity contribution in [3.63, 3.8) is 0 Å². The van der Waals surface area contributed by atoms with E-state index in [1.165, 1.54) is 0 Å². The van der Waals surface area contributed by atoms with Gasteiger partial charge in [-0.3, -0.25) is 9.98 Å². The van der Waals surface area contributed by atoms with Gasteiger partial charge in [-0.1, -0.05) is 6.07 Å². The lowest BCUT2D eigenvalue weighted by Crippen LogP contribution is -2.38. The average Bonchev–Trinajstić information content (AvgIpc) is 2.97. The molecule has 6 heteroatoms. The van der Waals surface area contributed by atoms with Gasteiger partial charge >= 0.3 is 0 Å². The number of furan rings is 1. The summed E-state index contributed by atoms with van der Waals surface area (Å²) in [6, 6.07) is 9.70. The average molecular weight is 386 g/mol. The Morgan fingerprint density at radius 2 is 2.15 bits per heavy atom. The van der Waals surface area contributed by atoms with Crippen LogP contribution in [0.15, 0.2) is 52.2 Å². The minimum atomic E-state index is 0. The van der Waals surface area contributed by atoms with Gasteiger partial charge in [0, 0.05) is 26.2 Å². The predicted molar refractivity (Wildman–Crippen MR) is 90.3 cm³/mol. The summed E-state index contributed by atoms with van der Waals surface area (Å²) < 4.78 is 5.27. The molecule has 0 aliphatic heterocycles. The van der Waals surface area contributed by atoms with Crippen LogP contribution in [-0.2, 0) is 13.0 Å². The maximum absolute atomic E-state index is 5.27. The fourth-order valence-corrected chi connectivity index (χ4v) is 1.66. The van der Waals surface area contributed by atoms with Crippen LogP contribution < -0.4 is 10.6 Å². The molecule has 0 aliphatic rings. The molecule has 0 spiro atoms. The van der Waals surface area contributed by atoms with Gasteiger partial charge in [0.2, 0.25) is 0 Å². The first-order valence-corrected chi connectivity index (χ1v) is 6.25. The van der Waals surface area contributed by atoms with Crippen LogP contribution in [0.1, 0.15) is 11.5 Å². The summed E-state index contributed by atoms with van der Waals surface area (Å²) in [6.45, 7) is 1.43. The zero-order valence-electron chi connectivity index (χ0n) is 11.4. The molecule has 0 saturated heterocycles. The van der Waals surface area contributed by atoms with E-state index in [-0.39, 0.29) is 24.0 Å². The number of halogens is 1. The van der Waals surface area contributed by atoms with Gasteiger partial charge in [-0.05, 0) is 24.3 Å². The van der Waals surface area contributed by atoms with Crippen LogP contribution in [0.4, 0.5) is 0 Å². The third kappa shape index (κ3) is 5.60. The highest BCUT2D eigenvalue weighted by atomic mass is 127. The van der Waals surface area contributed by atoms with Gasteiger partial charge in [0.15, 0.2) is 5.96 Å². The zero-order chi connectivity index (χ0) is 13.3. The highest BCUT2D eigenvalue weighted by Gasteiger charge is 2.00. The first-order valence-electron chi connectivity index (χ1n) is 6.25. The Balaban J connectivity index is 0.00000200. The van der Waals surface area contributed by atoms with Gasteiger partial charge in [0.05, 0.1) is 18.5 Å². The molecule has 20 heavy (non-hydrogen) atoms. The summed E-state index contributed by atoms with van der Waals surface area (Å²) in [4.78, 5) is 8.40. The minimum Gasteiger partial charge on any atom is -0.469 e. The van der Waals surface area contributed by atoms with Crippen LogP contribution >= 0.6 is 24.0 Å². The number of nitrogens with zero attached hydrogens (tertiary/aromatic N) is 2. The molecule has 0 unspecified atom stereocenters. The highest BCUT2D eigenvalue weighted by molar-refractivity contribution is 14.0. The van der Waals surface area contributed by atoms with E-state index in [1.807, 2.05) is 30.3 Å². The van der Waals surface area contributed by atoms with Crippen LogP contribution in [0.25, 0.3) is 0 Å². The molecule has 0 aromatic carbocycles. The van der Waals surface area contributed by atoms with Gasteiger partial charge in [-0.2, -0.15) is 0 Å². The summed E-state index contributed by atoms with van der Waals surface area (Å²) in [6.07, 6.45) is 4.30. The normalized spacial score (nSPS) is 10.8. The standard InChI is InChI=1S/C14H18N4O.HI/c1-15-14(17-9-7-13-6-4-10-19-13)18-11-12-5-2-3-8-16-12;/h2-6,8,10H,7,9,11H2,1H3,(H2,15,17,18);1H. The predicted octanol–water partition coefficient (Wildman–Crippen LogP) is 2.20. The second-order valence-electron chi connectivity index (χ2n) is 4.00. The second kappa shape index (κ2) is 9.35. The number of aliphatic imine (C=N–C) groups is 1. The topological polar surface area (TPSA) is 62.5 Å². The van der Waals surface area contributed by atoms with Crippen molar-refractivity contribution in [2.75, 3.05) is 13.6 Å². The van der Waals surface area contributed by atoms with Crippen molar-refractivity contribution < 1.29 is 4.42 Å². The molecule has 0 fully saturated rings. The van der Waals surface area contributed by atoms with E-state index in [0.717, 1.165) is 30.4 Å². The highest BCUT2D eigenvalue weighted by Crippen LogP contribution is 1.99. The molecule has 0 aliphatic carbocycles. The molecule has 0 atom stereocenters. The van der Waals surface area contributed by atoms with E-state index in [1.54, 1.807) is 19.5 Å². The van der Waals surface area contributed by atoms with Crippen LogP contribution in [0.3, 0.4) is 0 Å². The summed E-state index contributed by atoms with van der Waals surface area (Å²) in [5.74, 6) is 1.73. The van der Waals surface area contributed by atoms with E-state index in [9.17, 15) is 0 Å². The molecule has 5 nitrogen and oxygen atoms in total. The number of hydrogen-bond acceptors (Lipinski definition) is 3. The SMILES string of the molecule is CN=C(NCCc1ccco1)NCc1ccccn1.I. The molecule has 2 aromatic rings. The molecular weight excluding hydrogens is 367 g/mol. The summed E-state index contributed by atoms with van der Waals surface area (Å²) >= 11 is 0. The number of aromatic nitrogens is 1. The van der Waals surface area contributed by atoms with E-state index in [4.69, 9.17) is 4.42 Å². The number of rotatable bonds is 5. The number of hydrogen-bond donors (Lipinski definition) is 2. The van der Waals surface area contributed by atoms with Gasteiger partial charge in [0.1, 0.15) is 5.76 Å². The van der Waals surface area contributed by atoms with Crippen LogP contribution in [0.2, 0.25) is 0 Å². The van der Waals surface area contributed by atoms with E-state index in [2.05, 4.69) is 20.6 Å². The van der Waals surface area contributed by atoms with Gasteiger partial charge in [-0.15, -0.1) is 24.0 Å². The molecular formula is C14H19IN4O. The monoisotopic (exact) mass is 386 g/mol. The third-order valence-corrected chi connectivity index (χ3v) is 2.63. The van der Waals surface area contributed by atoms with Crippen molar-refractivity contribution in [2.24, 2.45) is 4.99 Å². The third-order valence-electron chi connectivity index (χ3n) is 2.63. The fraction of sp³-hybridized carbons (Fsp3) is 0.286. The first kappa shape index (κ1) is 16.5. The molecule has 2 N–H and O–H groups in total. The Kier molecular flexibility index (Phi) is 7.71. The second-order valence-corrected chi connectivity index (χ2v) is 4.00. The number of pyridine rings is 1. The van der Waals surface area contributed by atoms with Crippen molar-refractivity contribution in [1.29, 1.82) is 0 Å². The fourth-order valence-electron chi connectivity index (χ4n) is 1.66. The molecule has 0 radical (unpaired) electrons. The molecule has 2 heterocycles. The lowest BCUT2D eigenvalue weighted by Gasteiger charge is -2.10. The Morgan fingerprint density at radius 1 is 1.25 bits per heavy atom. The van der Waals surface area contributed by atoms with Crippen molar-refractivity contribution in [1.82, 2.24) is 15.6 Å². The molecule has 0 saturated carbocycles. The number of nitrogens with one attached hydrogen (secondary N) is 2. The van der Waals surface area contributed by atoms with Crippen molar-refractivity contribution in [2.45, 2.75) is 13.0 Å². The summed E-state index contributed by atoms with van der Waals surface area (Å²) in [5.41, 5.74) is 0.983. The van der Waals surface area contributed by atoms with Gasteiger partial charge in [-0.25, -0.2) is 0 Å². The van der Waals surface area contributed by atoms with Crippen molar-refractivity contribution >= 4 is 29.9 Å². The van der Waals surface area contributed by atoms with E-state index in [0.29, 0.717) is 6.54 Å². The Hall–Kier alpha value is -1.57. The lowest BCUT2D eigenvalue weighted by atomic mass is 10.3. The quantitative estimate of drug-likeness (QED) is 0.470. The molecule has 2 aromatic heterocycles. The zero-order valence-corrected chi connectivity index (χ0v) is 13.7. The Labute approximate surface area is 135 Å². The van der Waals surface area contributed by atoms with Crippen LogP contribution in [-0.4, -0.2) is 24.5 Å². The first-order chi connectivity index (χ1) is 9.38. The molecule has 108 valence electrons. The Morgan fingerprint density at radius 3 is 2.80 bits per heavy atom. The van der Waals surface area contributed by atoms with E-state index >= 15 is 0 Å². The summed E-state index contributed by atoms with van der Waals surface area (Å²) in [5, 5.41) is 6.44. The molecule has 0 amide bonds. The summed E-state index contributed by atoms with van der Waals surface area (Å²) in [7, 11) is 1.75.